The summed E-state index contributed by atoms with van der Waals surface area (Å²) in [5, 5.41) is 2.74. The molecule has 0 aliphatic carbocycles. The second-order valence-electron chi connectivity index (χ2n) is 9.42. The minimum absolute atomic E-state index is 0.170. The molecule has 1 atom stereocenters. The lowest BCUT2D eigenvalue weighted by atomic mass is 10.1. The zero-order valence-electron chi connectivity index (χ0n) is 22.9. The summed E-state index contributed by atoms with van der Waals surface area (Å²) in [5.74, 6) is -1.35. The van der Waals surface area contributed by atoms with Crippen molar-refractivity contribution in [1.29, 1.82) is 0 Å². The quantitative estimate of drug-likeness (QED) is 0.227. The summed E-state index contributed by atoms with van der Waals surface area (Å²) in [7, 11) is -4.60. The fourth-order valence-electron chi connectivity index (χ4n) is 4.04. The maximum absolute atomic E-state index is 13.9. The number of hydrogen-bond donors (Lipinski definition) is 1. The zero-order chi connectivity index (χ0) is 31.1. The third-order valence-electron chi connectivity index (χ3n) is 6.45. The van der Waals surface area contributed by atoms with Crippen molar-refractivity contribution in [3.05, 3.63) is 94.0 Å². The van der Waals surface area contributed by atoms with Crippen molar-refractivity contribution in [2.24, 2.45) is 0 Å². The predicted molar refractivity (Wildman–Crippen MR) is 157 cm³/mol. The highest BCUT2D eigenvalue weighted by Crippen LogP contribution is 2.37. The Balaban J connectivity index is 2.11. The standard InChI is InChI=1S/C29H30Cl2F3N3O4S/c1-3-4-16-35-28(39)20(2)36(18-21-10-8-9-13-24(21)30)27(38)19-37(42(40,41)23-11-6-5-7-12-23)26-17-22(29(32,33)34)14-15-25(26)31/h5-15,17,20H,3-4,16,18-19H2,1-2H3,(H,35,39)/t20-/m1/s1. The van der Waals surface area contributed by atoms with Gasteiger partial charge in [-0.05, 0) is 55.3 Å². The maximum atomic E-state index is 13.9. The van der Waals surface area contributed by atoms with Gasteiger partial charge in [-0.3, -0.25) is 13.9 Å². The highest BCUT2D eigenvalue weighted by molar-refractivity contribution is 7.92. The Morgan fingerprint density at radius 2 is 1.60 bits per heavy atom. The number of carbonyl (C=O) groups is 2. The van der Waals surface area contributed by atoms with Gasteiger partial charge in [0.25, 0.3) is 10.0 Å². The van der Waals surface area contributed by atoms with E-state index in [9.17, 15) is 31.2 Å². The van der Waals surface area contributed by atoms with Crippen LogP contribution in [0.25, 0.3) is 0 Å². The van der Waals surface area contributed by atoms with E-state index < -0.39 is 51.9 Å². The number of hydrogen-bond acceptors (Lipinski definition) is 4. The van der Waals surface area contributed by atoms with Crippen LogP contribution in [-0.2, 0) is 32.3 Å². The first kappa shape index (κ1) is 33.2. The van der Waals surface area contributed by atoms with Crippen LogP contribution < -0.4 is 9.62 Å². The Morgan fingerprint density at radius 3 is 2.21 bits per heavy atom. The minimum Gasteiger partial charge on any atom is -0.354 e. The molecule has 0 saturated heterocycles. The maximum Gasteiger partial charge on any atom is 0.416 e. The summed E-state index contributed by atoms with van der Waals surface area (Å²) < 4.78 is 69.0. The molecule has 0 heterocycles. The third-order valence-corrected chi connectivity index (χ3v) is 8.91. The molecule has 42 heavy (non-hydrogen) atoms. The van der Waals surface area contributed by atoms with Crippen LogP contribution in [0.3, 0.4) is 0 Å². The third kappa shape index (κ3) is 8.17. The molecular formula is C29H30Cl2F3N3O4S. The number of unbranched alkanes of at least 4 members (excludes halogenated alkanes) is 1. The first-order valence-corrected chi connectivity index (χ1v) is 15.2. The number of nitrogens with one attached hydrogen (secondary N) is 1. The minimum atomic E-state index is -4.81. The highest BCUT2D eigenvalue weighted by atomic mass is 35.5. The summed E-state index contributed by atoms with van der Waals surface area (Å²) in [6.45, 7) is 2.67. The first-order chi connectivity index (χ1) is 19.8. The molecule has 0 aromatic heterocycles. The molecule has 0 spiro atoms. The zero-order valence-corrected chi connectivity index (χ0v) is 25.2. The summed E-state index contributed by atoms with van der Waals surface area (Å²) in [6, 6.07) is 14.7. The molecule has 0 fully saturated rings. The lowest BCUT2D eigenvalue weighted by Gasteiger charge is -2.32. The van der Waals surface area contributed by atoms with E-state index in [4.69, 9.17) is 23.2 Å². The second kappa shape index (κ2) is 14.3. The van der Waals surface area contributed by atoms with Crippen LogP contribution in [0.5, 0.6) is 0 Å². The van der Waals surface area contributed by atoms with Gasteiger partial charge < -0.3 is 10.2 Å². The number of nitrogens with zero attached hydrogens (tertiary/aromatic N) is 2. The topological polar surface area (TPSA) is 86.8 Å². The van der Waals surface area contributed by atoms with Crippen LogP contribution in [0.4, 0.5) is 18.9 Å². The van der Waals surface area contributed by atoms with Crippen molar-refractivity contribution >= 4 is 50.7 Å². The summed E-state index contributed by atoms with van der Waals surface area (Å²) in [6.07, 6.45) is -3.29. The van der Waals surface area contributed by atoms with Crippen molar-refractivity contribution in [2.75, 3.05) is 17.4 Å². The van der Waals surface area contributed by atoms with Crippen molar-refractivity contribution < 1.29 is 31.2 Å². The predicted octanol–water partition coefficient (Wildman–Crippen LogP) is 6.54. The van der Waals surface area contributed by atoms with Gasteiger partial charge in [0.1, 0.15) is 12.6 Å². The monoisotopic (exact) mass is 643 g/mol. The Hall–Kier alpha value is -3.28. The van der Waals surface area contributed by atoms with Gasteiger partial charge in [-0.1, -0.05) is 72.9 Å². The fraction of sp³-hybridized carbons (Fsp3) is 0.310. The van der Waals surface area contributed by atoms with E-state index >= 15 is 0 Å². The molecule has 2 amide bonds. The molecule has 7 nitrogen and oxygen atoms in total. The Morgan fingerprint density at radius 1 is 0.952 bits per heavy atom. The first-order valence-electron chi connectivity index (χ1n) is 13.0. The molecule has 13 heteroatoms. The summed E-state index contributed by atoms with van der Waals surface area (Å²) in [4.78, 5) is 27.8. The van der Waals surface area contributed by atoms with Gasteiger partial charge in [0, 0.05) is 18.1 Å². The van der Waals surface area contributed by atoms with Gasteiger partial charge in [0.05, 0.1) is 21.2 Å². The molecule has 226 valence electrons. The number of alkyl halides is 3. The highest BCUT2D eigenvalue weighted by Gasteiger charge is 2.36. The molecule has 0 saturated carbocycles. The van der Waals surface area contributed by atoms with Gasteiger partial charge >= 0.3 is 6.18 Å². The van der Waals surface area contributed by atoms with E-state index in [0.29, 0.717) is 40.0 Å². The number of sulfonamides is 1. The van der Waals surface area contributed by atoms with Crippen LogP contribution in [0.2, 0.25) is 10.0 Å². The summed E-state index contributed by atoms with van der Waals surface area (Å²) in [5.41, 5.74) is -1.21. The number of benzene rings is 3. The molecular weight excluding hydrogens is 614 g/mol. The molecule has 0 bridgehead atoms. The van der Waals surface area contributed by atoms with Crippen LogP contribution in [0, 0.1) is 0 Å². The van der Waals surface area contributed by atoms with Crippen molar-refractivity contribution in [3.8, 4) is 0 Å². The molecule has 1 N–H and O–H groups in total. The average Bonchev–Trinajstić information content (AvgIpc) is 2.95. The van der Waals surface area contributed by atoms with Crippen molar-refractivity contribution in [1.82, 2.24) is 10.2 Å². The molecule has 0 unspecified atom stereocenters. The van der Waals surface area contributed by atoms with E-state index in [0.717, 1.165) is 17.4 Å². The lowest BCUT2D eigenvalue weighted by molar-refractivity contribution is -0.139. The smallest absolute Gasteiger partial charge is 0.354 e. The van der Waals surface area contributed by atoms with Crippen LogP contribution in [0.15, 0.2) is 77.7 Å². The fourth-order valence-corrected chi connectivity index (χ4v) is 5.95. The number of amides is 2. The average molecular weight is 645 g/mol. The van der Waals surface area contributed by atoms with Gasteiger partial charge in [-0.25, -0.2) is 8.42 Å². The molecule has 3 aromatic carbocycles. The van der Waals surface area contributed by atoms with Gasteiger partial charge in [-0.2, -0.15) is 13.2 Å². The van der Waals surface area contributed by atoms with E-state index in [-0.39, 0.29) is 16.5 Å². The normalized spacial score (nSPS) is 12.5. The Labute approximate surface area is 253 Å². The van der Waals surface area contributed by atoms with E-state index in [1.807, 2.05) is 6.92 Å². The largest absolute Gasteiger partial charge is 0.416 e. The van der Waals surface area contributed by atoms with E-state index in [1.54, 1.807) is 30.3 Å². The number of anilines is 1. The van der Waals surface area contributed by atoms with E-state index in [2.05, 4.69) is 5.32 Å². The molecule has 0 aliphatic heterocycles. The molecule has 3 aromatic rings. The molecule has 0 aliphatic rings. The number of carbonyl (C=O) groups excluding carboxylic acids is 2. The van der Waals surface area contributed by atoms with Gasteiger partial charge in [0.15, 0.2) is 0 Å². The number of rotatable bonds is 12. The Kier molecular flexibility index (Phi) is 11.3. The van der Waals surface area contributed by atoms with Crippen molar-refractivity contribution in [3.63, 3.8) is 0 Å². The second-order valence-corrected chi connectivity index (χ2v) is 12.1. The van der Waals surface area contributed by atoms with Gasteiger partial charge in [0.2, 0.25) is 11.8 Å². The van der Waals surface area contributed by atoms with E-state index in [1.165, 1.54) is 31.2 Å². The molecule has 0 radical (unpaired) electrons. The summed E-state index contributed by atoms with van der Waals surface area (Å²) >= 11 is 12.6. The Bertz CT molecular complexity index is 1510. The number of halogens is 5. The van der Waals surface area contributed by atoms with Crippen LogP contribution in [-0.4, -0.2) is 44.3 Å². The molecule has 3 rings (SSSR count). The SMILES string of the molecule is CCCCNC(=O)[C@@H](C)N(Cc1ccccc1Cl)C(=O)CN(c1cc(C(F)(F)F)ccc1Cl)S(=O)(=O)c1ccccc1. The van der Waals surface area contributed by atoms with Crippen molar-refractivity contribution in [2.45, 2.75) is 50.3 Å². The van der Waals surface area contributed by atoms with Crippen LogP contribution >= 0.6 is 23.2 Å². The van der Waals surface area contributed by atoms with Gasteiger partial charge in [-0.15, -0.1) is 0 Å². The van der Waals surface area contributed by atoms with Crippen LogP contribution in [0.1, 0.15) is 37.8 Å². The lowest BCUT2D eigenvalue weighted by Crippen LogP contribution is -2.51.